The number of β-lactam (4-membered cyclic amide) rings is 1. The number of hydrogen-bond donors (Lipinski definition) is 1. The van der Waals surface area contributed by atoms with Crippen molar-refractivity contribution in [3.8, 4) is 0 Å². The van der Waals surface area contributed by atoms with E-state index in [1.165, 1.54) is 4.90 Å². The van der Waals surface area contributed by atoms with Crippen molar-refractivity contribution in [2.24, 2.45) is 5.41 Å². The Morgan fingerprint density at radius 1 is 1.40 bits per heavy atom. The predicted octanol–water partition coefficient (Wildman–Crippen LogP) is 1.38. The molecule has 4 nitrogen and oxygen atoms in total. The number of fused-ring (bicyclic) bond motifs is 1. The maximum atomic E-state index is 11.3. The van der Waals surface area contributed by atoms with Gasteiger partial charge < -0.3 is 10.0 Å². The van der Waals surface area contributed by atoms with E-state index in [9.17, 15) is 9.59 Å². The van der Waals surface area contributed by atoms with Gasteiger partial charge in [0, 0.05) is 12.5 Å². The van der Waals surface area contributed by atoms with E-state index >= 15 is 0 Å². The molecule has 1 unspecified atom stereocenters. The molecule has 82 valence electrons. The maximum absolute atomic E-state index is 11.3. The Kier molecular flexibility index (Phi) is 1.93. The average Bonchev–Trinajstić information content (AvgIpc) is 2.36. The Morgan fingerprint density at radius 2 is 2.00 bits per heavy atom. The maximum Gasteiger partial charge on any atom is 0.352 e. The topological polar surface area (TPSA) is 57.6 Å². The van der Waals surface area contributed by atoms with Gasteiger partial charge in [-0.25, -0.2) is 4.79 Å². The van der Waals surface area contributed by atoms with Gasteiger partial charge in [0.25, 0.3) is 0 Å². The van der Waals surface area contributed by atoms with Crippen LogP contribution >= 0.6 is 0 Å². The van der Waals surface area contributed by atoms with E-state index in [1.54, 1.807) is 0 Å². The van der Waals surface area contributed by atoms with Crippen LogP contribution in [0.2, 0.25) is 0 Å². The zero-order chi connectivity index (χ0) is 11.4. The van der Waals surface area contributed by atoms with Gasteiger partial charge in [0.15, 0.2) is 0 Å². The Morgan fingerprint density at radius 3 is 2.40 bits per heavy atom. The molecule has 2 aliphatic rings. The second kappa shape index (κ2) is 2.84. The summed E-state index contributed by atoms with van der Waals surface area (Å²) in [5.41, 5.74) is 0.945. The summed E-state index contributed by atoms with van der Waals surface area (Å²) < 4.78 is 0. The van der Waals surface area contributed by atoms with E-state index in [-0.39, 0.29) is 23.1 Å². The Hall–Kier alpha value is -1.32. The van der Waals surface area contributed by atoms with Crippen molar-refractivity contribution in [1.82, 2.24) is 4.90 Å². The standard InChI is InChI=1S/C11H15NO3/c1-11(2,3)7-4-6-5-8(13)12(6)9(7)10(14)15/h6H,4-5H2,1-3H3,(H,14,15). The van der Waals surface area contributed by atoms with Crippen molar-refractivity contribution in [2.45, 2.75) is 39.7 Å². The van der Waals surface area contributed by atoms with Gasteiger partial charge in [-0.1, -0.05) is 20.8 Å². The van der Waals surface area contributed by atoms with Gasteiger partial charge in [0.1, 0.15) is 5.70 Å². The van der Waals surface area contributed by atoms with E-state index in [0.717, 1.165) is 12.0 Å². The quantitative estimate of drug-likeness (QED) is 0.664. The lowest BCUT2D eigenvalue weighted by Gasteiger charge is -2.35. The first kappa shape index (κ1) is 10.2. The third-order valence-electron chi connectivity index (χ3n) is 3.12. The van der Waals surface area contributed by atoms with Crippen LogP contribution in [0.3, 0.4) is 0 Å². The molecule has 0 saturated carbocycles. The highest BCUT2D eigenvalue weighted by atomic mass is 16.4. The number of nitrogens with zero attached hydrogens (tertiary/aromatic N) is 1. The van der Waals surface area contributed by atoms with Crippen LogP contribution in [0, 0.1) is 5.41 Å². The molecule has 0 aromatic heterocycles. The van der Waals surface area contributed by atoms with Gasteiger partial charge in [0.05, 0.1) is 0 Å². The van der Waals surface area contributed by atoms with Crippen molar-refractivity contribution in [1.29, 1.82) is 0 Å². The first-order valence-corrected chi connectivity index (χ1v) is 5.11. The first-order chi connectivity index (χ1) is 6.82. The Labute approximate surface area is 88.6 Å². The van der Waals surface area contributed by atoms with Crippen LogP contribution in [0.15, 0.2) is 11.3 Å². The van der Waals surface area contributed by atoms with Crippen molar-refractivity contribution in [3.63, 3.8) is 0 Å². The number of carboxylic acids is 1. The third-order valence-corrected chi connectivity index (χ3v) is 3.12. The molecule has 0 aromatic carbocycles. The van der Waals surface area contributed by atoms with Crippen LogP contribution in [-0.2, 0) is 9.59 Å². The number of hydrogen-bond acceptors (Lipinski definition) is 2. The van der Waals surface area contributed by atoms with Gasteiger partial charge in [-0.2, -0.15) is 0 Å². The largest absolute Gasteiger partial charge is 0.477 e. The van der Waals surface area contributed by atoms with Gasteiger partial charge in [0.2, 0.25) is 5.91 Å². The van der Waals surface area contributed by atoms with Crippen LogP contribution in [0.5, 0.6) is 0 Å². The van der Waals surface area contributed by atoms with Crippen LogP contribution < -0.4 is 0 Å². The molecule has 2 aliphatic heterocycles. The highest BCUT2D eigenvalue weighted by Gasteiger charge is 2.49. The lowest BCUT2D eigenvalue weighted by atomic mass is 9.83. The van der Waals surface area contributed by atoms with Gasteiger partial charge in [-0.15, -0.1) is 0 Å². The van der Waals surface area contributed by atoms with Gasteiger partial charge in [-0.05, 0) is 17.4 Å². The highest BCUT2D eigenvalue weighted by molar-refractivity contribution is 5.98. The molecule has 1 saturated heterocycles. The fourth-order valence-corrected chi connectivity index (χ4v) is 2.32. The molecule has 1 atom stereocenters. The smallest absolute Gasteiger partial charge is 0.352 e. The summed E-state index contributed by atoms with van der Waals surface area (Å²) in [6.45, 7) is 5.96. The molecule has 0 aliphatic carbocycles. The molecule has 0 spiro atoms. The second-order valence-electron chi connectivity index (χ2n) is 5.21. The van der Waals surface area contributed by atoms with Crippen LogP contribution in [0.1, 0.15) is 33.6 Å². The summed E-state index contributed by atoms with van der Waals surface area (Å²) in [4.78, 5) is 23.9. The molecule has 15 heavy (non-hydrogen) atoms. The van der Waals surface area contributed by atoms with Crippen molar-refractivity contribution < 1.29 is 14.7 Å². The number of aliphatic carboxylic acids is 1. The molecule has 4 heteroatoms. The van der Waals surface area contributed by atoms with Crippen LogP contribution in [-0.4, -0.2) is 27.9 Å². The third kappa shape index (κ3) is 1.35. The lowest BCUT2D eigenvalue weighted by molar-refractivity contribution is -0.147. The van der Waals surface area contributed by atoms with Crippen LogP contribution in [0.25, 0.3) is 0 Å². The SMILES string of the molecule is CC(C)(C)C1=C(C(=O)O)N2C(=O)CC2C1. The molecular formula is C11H15NO3. The predicted molar refractivity (Wildman–Crippen MR) is 54.0 cm³/mol. The summed E-state index contributed by atoms with van der Waals surface area (Å²) in [6.07, 6.45) is 1.22. The first-order valence-electron chi connectivity index (χ1n) is 5.11. The van der Waals surface area contributed by atoms with E-state index in [4.69, 9.17) is 5.11 Å². The second-order valence-corrected chi connectivity index (χ2v) is 5.21. The zero-order valence-electron chi connectivity index (χ0n) is 9.20. The highest BCUT2D eigenvalue weighted by Crippen LogP contribution is 2.45. The fraction of sp³-hybridized carbons (Fsp3) is 0.636. The minimum Gasteiger partial charge on any atom is -0.477 e. The van der Waals surface area contributed by atoms with Gasteiger partial charge >= 0.3 is 5.97 Å². The molecule has 1 N–H and O–H groups in total. The lowest BCUT2D eigenvalue weighted by Crippen LogP contribution is -2.49. The van der Waals surface area contributed by atoms with Crippen molar-refractivity contribution >= 4 is 11.9 Å². The number of amides is 1. The molecular weight excluding hydrogens is 194 g/mol. The minimum atomic E-state index is -0.976. The van der Waals surface area contributed by atoms with Crippen molar-refractivity contribution in [2.75, 3.05) is 0 Å². The summed E-state index contributed by atoms with van der Waals surface area (Å²) in [5.74, 6) is -1.04. The summed E-state index contributed by atoms with van der Waals surface area (Å²) in [6, 6.07) is 0.109. The number of carbonyl (C=O) groups is 2. The van der Waals surface area contributed by atoms with E-state index in [1.807, 2.05) is 20.8 Å². The Balaban J connectivity index is 2.44. The van der Waals surface area contributed by atoms with Gasteiger partial charge in [-0.3, -0.25) is 4.79 Å². The number of carbonyl (C=O) groups excluding carboxylic acids is 1. The van der Waals surface area contributed by atoms with Crippen molar-refractivity contribution in [3.05, 3.63) is 11.3 Å². The molecule has 0 radical (unpaired) electrons. The summed E-state index contributed by atoms with van der Waals surface area (Å²) >= 11 is 0. The Bertz CT molecular complexity index is 376. The summed E-state index contributed by atoms with van der Waals surface area (Å²) in [7, 11) is 0. The molecule has 0 bridgehead atoms. The van der Waals surface area contributed by atoms with E-state index in [0.29, 0.717) is 6.42 Å². The average molecular weight is 209 g/mol. The van der Waals surface area contributed by atoms with Crippen LogP contribution in [0.4, 0.5) is 0 Å². The van der Waals surface area contributed by atoms with E-state index in [2.05, 4.69) is 0 Å². The zero-order valence-corrected chi connectivity index (χ0v) is 9.20. The number of rotatable bonds is 1. The normalized spacial score (nSPS) is 25.4. The minimum absolute atomic E-state index is 0.0587. The molecule has 1 amide bonds. The molecule has 2 rings (SSSR count). The summed E-state index contributed by atoms with van der Waals surface area (Å²) in [5, 5.41) is 9.14. The molecule has 1 fully saturated rings. The number of carboxylic acid groups (broad SMARTS) is 1. The molecule has 0 aromatic rings. The van der Waals surface area contributed by atoms with E-state index < -0.39 is 5.97 Å². The molecule has 2 heterocycles. The monoisotopic (exact) mass is 209 g/mol. The fourth-order valence-electron chi connectivity index (χ4n) is 2.32.